The van der Waals surface area contributed by atoms with E-state index in [0.29, 0.717) is 6.42 Å². The van der Waals surface area contributed by atoms with Gasteiger partial charge in [0.2, 0.25) is 5.91 Å². The van der Waals surface area contributed by atoms with Crippen LogP contribution in [0.3, 0.4) is 0 Å². The first kappa shape index (κ1) is 6.16. The predicted molar refractivity (Wildman–Crippen MR) is 35.5 cm³/mol. The number of carbonyl (C=O) groups excluding carboxylic acids is 1. The van der Waals surface area contributed by atoms with Gasteiger partial charge >= 0.3 is 0 Å². The van der Waals surface area contributed by atoms with E-state index in [-0.39, 0.29) is 11.3 Å². The smallest absolute Gasteiger partial charge is 0.220 e. The molecule has 1 amide bonds. The highest BCUT2D eigenvalue weighted by atomic mass is 16.5. The van der Waals surface area contributed by atoms with E-state index >= 15 is 0 Å². The third kappa shape index (κ3) is 0.814. The topological polar surface area (TPSA) is 38.3 Å². The maximum absolute atomic E-state index is 10.8. The minimum atomic E-state index is 0.178. The zero-order valence-corrected chi connectivity index (χ0v) is 5.85. The largest absolute Gasteiger partial charge is 0.381 e. The molecule has 1 atom stereocenters. The predicted octanol–water partition coefficient (Wildman–Crippen LogP) is -0.0870. The molecule has 0 radical (unpaired) electrons. The van der Waals surface area contributed by atoms with Crippen LogP contribution in [0.25, 0.3) is 0 Å². The first-order valence-electron chi connectivity index (χ1n) is 3.65. The zero-order valence-electron chi connectivity index (χ0n) is 5.85. The molecule has 0 aromatic carbocycles. The molecular weight excluding hydrogens is 130 g/mol. The number of rotatable bonds is 0. The van der Waals surface area contributed by atoms with E-state index in [1.807, 2.05) is 0 Å². The van der Waals surface area contributed by atoms with E-state index < -0.39 is 0 Å². The Labute approximate surface area is 59.7 Å². The standard InChI is InChI=1S/C7H11NO2/c9-6-3-7(4-8-6)1-2-10-5-7/h1-5H2,(H,8,9)/t7-/m0/s1. The quantitative estimate of drug-likeness (QED) is 0.512. The monoisotopic (exact) mass is 141 g/mol. The highest BCUT2D eigenvalue weighted by Crippen LogP contribution is 2.34. The molecule has 56 valence electrons. The number of hydrogen-bond donors (Lipinski definition) is 1. The normalized spacial score (nSPS) is 39.0. The van der Waals surface area contributed by atoms with Gasteiger partial charge in [-0.25, -0.2) is 0 Å². The lowest BCUT2D eigenvalue weighted by molar-refractivity contribution is -0.119. The summed E-state index contributed by atoms with van der Waals surface area (Å²) < 4.78 is 5.24. The summed E-state index contributed by atoms with van der Waals surface area (Å²) in [6.45, 7) is 2.42. The molecule has 10 heavy (non-hydrogen) atoms. The Morgan fingerprint density at radius 3 is 3.00 bits per heavy atom. The Hall–Kier alpha value is -0.570. The van der Waals surface area contributed by atoms with E-state index in [1.54, 1.807) is 0 Å². The Morgan fingerprint density at radius 1 is 1.60 bits per heavy atom. The van der Waals surface area contributed by atoms with E-state index in [2.05, 4.69) is 5.32 Å². The van der Waals surface area contributed by atoms with Crippen LogP contribution >= 0.6 is 0 Å². The molecule has 1 spiro atoms. The van der Waals surface area contributed by atoms with Gasteiger partial charge in [0.15, 0.2) is 0 Å². The molecule has 0 aromatic rings. The van der Waals surface area contributed by atoms with Gasteiger partial charge in [-0.15, -0.1) is 0 Å². The SMILES string of the molecule is O=C1C[C@@]2(CCOC2)CN1. The molecule has 3 nitrogen and oxygen atoms in total. The van der Waals surface area contributed by atoms with Crippen molar-refractivity contribution in [3.63, 3.8) is 0 Å². The van der Waals surface area contributed by atoms with E-state index in [1.165, 1.54) is 0 Å². The van der Waals surface area contributed by atoms with Gasteiger partial charge in [0.1, 0.15) is 0 Å². The van der Waals surface area contributed by atoms with Crippen LogP contribution < -0.4 is 5.32 Å². The van der Waals surface area contributed by atoms with Gasteiger partial charge in [0, 0.05) is 25.0 Å². The van der Waals surface area contributed by atoms with Crippen molar-refractivity contribution in [3.05, 3.63) is 0 Å². The number of ether oxygens (including phenoxy) is 1. The van der Waals surface area contributed by atoms with Crippen molar-refractivity contribution in [3.8, 4) is 0 Å². The van der Waals surface area contributed by atoms with Crippen LogP contribution in [0.5, 0.6) is 0 Å². The second-order valence-corrected chi connectivity index (χ2v) is 3.26. The fourth-order valence-corrected chi connectivity index (χ4v) is 1.68. The van der Waals surface area contributed by atoms with Crippen LogP contribution in [0, 0.1) is 5.41 Å². The highest BCUT2D eigenvalue weighted by Gasteiger charge is 2.41. The van der Waals surface area contributed by atoms with Crippen LogP contribution in [0.2, 0.25) is 0 Å². The fourth-order valence-electron chi connectivity index (χ4n) is 1.68. The van der Waals surface area contributed by atoms with Crippen molar-refractivity contribution < 1.29 is 9.53 Å². The van der Waals surface area contributed by atoms with Gasteiger partial charge < -0.3 is 10.1 Å². The molecule has 0 unspecified atom stereocenters. The van der Waals surface area contributed by atoms with Gasteiger partial charge in [-0.3, -0.25) is 4.79 Å². The molecule has 0 aliphatic carbocycles. The van der Waals surface area contributed by atoms with Crippen LogP contribution in [0.4, 0.5) is 0 Å². The van der Waals surface area contributed by atoms with E-state index in [4.69, 9.17) is 4.74 Å². The highest BCUT2D eigenvalue weighted by molar-refractivity contribution is 5.79. The van der Waals surface area contributed by atoms with Gasteiger partial charge in [0.25, 0.3) is 0 Å². The molecule has 3 heteroatoms. The number of amides is 1. The summed E-state index contributed by atoms with van der Waals surface area (Å²) >= 11 is 0. The molecule has 1 N–H and O–H groups in total. The lowest BCUT2D eigenvalue weighted by Gasteiger charge is -2.15. The lowest BCUT2D eigenvalue weighted by atomic mass is 9.87. The Balaban J connectivity index is 2.09. The second kappa shape index (κ2) is 1.95. The van der Waals surface area contributed by atoms with Gasteiger partial charge in [-0.05, 0) is 6.42 Å². The van der Waals surface area contributed by atoms with Crippen LogP contribution in [0.1, 0.15) is 12.8 Å². The van der Waals surface area contributed by atoms with Crippen LogP contribution in [-0.2, 0) is 9.53 Å². The molecule has 0 saturated carbocycles. The summed E-state index contributed by atoms with van der Waals surface area (Å²) in [5.74, 6) is 0.186. The number of carbonyl (C=O) groups is 1. The molecule has 2 rings (SSSR count). The first-order chi connectivity index (χ1) is 4.81. The van der Waals surface area contributed by atoms with Gasteiger partial charge in [0.05, 0.1) is 6.61 Å². The maximum Gasteiger partial charge on any atom is 0.220 e. The third-order valence-electron chi connectivity index (χ3n) is 2.38. The minimum Gasteiger partial charge on any atom is -0.381 e. The molecule has 0 bridgehead atoms. The number of nitrogens with one attached hydrogen (secondary N) is 1. The second-order valence-electron chi connectivity index (χ2n) is 3.26. The van der Waals surface area contributed by atoms with Crippen LogP contribution in [0.15, 0.2) is 0 Å². The summed E-state index contributed by atoms with van der Waals surface area (Å²) in [6.07, 6.45) is 1.72. The fraction of sp³-hybridized carbons (Fsp3) is 0.857. The summed E-state index contributed by atoms with van der Waals surface area (Å²) in [7, 11) is 0. The molecule has 0 aromatic heterocycles. The van der Waals surface area contributed by atoms with E-state index in [9.17, 15) is 4.79 Å². The van der Waals surface area contributed by atoms with Gasteiger partial charge in [-0.1, -0.05) is 0 Å². The average Bonchev–Trinajstić information content (AvgIpc) is 2.46. The number of hydrogen-bond acceptors (Lipinski definition) is 2. The van der Waals surface area contributed by atoms with Crippen molar-refractivity contribution in [2.75, 3.05) is 19.8 Å². The third-order valence-corrected chi connectivity index (χ3v) is 2.38. The van der Waals surface area contributed by atoms with E-state index in [0.717, 1.165) is 26.2 Å². The van der Waals surface area contributed by atoms with Gasteiger partial charge in [-0.2, -0.15) is 0 Å². The Bertz CT molecular complexity index is 161. The van der Waals surface area contributed by atoms with Crippen molar-refractivity contribution in [1.82, 2.24) is 5.32 Å². The zero-order chi connectivity index (χ0) is 7.03. The molecule has 2 aliphatic rings. The first-order valence-corrected chi connectivity index (χ1v) is 3.65. The van der Waals surface area contributed by atoms with Crippen molar-refractivity contribution >= 4 is 5.91 Å². The molecule has 2 saturated heterocycles. The summed E-state index contributed by atoms with van der Waals surface area (Å²) in [5, 5.41) is 2.83. The maximum atomic E-state index is 10.8. The van der Waals surface area contributed by atoms with Crippen molar-refractivity contribution in [2.24, 2.45) is 5.41 Å². The molecular formula is C7H11NO2. The summed E-state index contributed by atoms with van der Waals surface area (Å²) in [5.41, 5.74) is 0.178. The summed E-state index contributed by atoms with van der Waals surface area (Å²) in [6, 6.07) is 0. The van der Waals surface area contributed by atoms with Crippen molar-refractivity contribution in [2.45, 2.75) is 12.8 Å². The Morgan fingerprint density at radius 2 is 2.50 bits per heavy atom. The molecule has 2 fully saturated rings. The molecule has 2 heterocycles. The molecule has 2 aliphatic heterocycles. The average molecular weight is 141 g/mol. The minimum absolute atomic E-state index is 0.178. The summed E-state index contributed by atoms with van der Waals surface area (Å²) in [4.78, 5) is 10.8. The van der Waals surface area contributed by atoms with Crippen LogP contribution in [-0.4, -0.2) is 25.7 Å². The lowest BCUT2D eigenvalue weighted by Crippen LogP contribution is -2.23. The van der Waals surface area contributed by atoms with Crippen molar-refractivity contribution in [1.29, 1.82) is 0 Å². The Kier molecular flexibility index (Phi) is 1.20.